The highest BCUT2D eigenvalue weighted by Gasteiger charge is 2.19. The van der Waals surface area contributed by atoms with Gasteiger partial charge in [0.15, 0.2) is 11.5 Å². The summed E-state index contributed by atoms with van der Waals surface area (Å²) in [5, 5.41) is 9.45. The number of nitrogens with two attached hydrogens (primary N) is 1. The van der Waals surface area contributed by atoms with Gasteiger partial charge in [0.2, 0.25) is 0 Å². The maximum atomic E-state index is 13.8. The molecule has 0 aliphatic carbocycles. The molecule has 2 aromatic heterocycles. The number of aromatic nitrogens is 3. The van der Waals surface area contributed by atoms with E-state index in [9.17, 15) is 13.6 Å². The maximum Gasteiger partial charge on any atom is 0.261 e. The first-order valence-corrected chi connectivity index (χ1v) is 5.90. The van der Waals surface area contributed by atoms with E-state index in [0.717, 1.165) is 12.1 Å². The van der Waals surface area contributed by atoms with Crippen molar-refractivity contribution in [2.24, 2.45) is 0 Å². The molecule has 0 saturated heterocycles. The summed E-state index contributed by atoms with van der Waals surface area (Å²) in [5.74, 6) is -3.02. The number of carbonyl (C=O) groups is 1. The standard InChI is InChI=1S/C13H9F2N5O/c14-8-1-2-9(16)11(15)10(8)13(21)19-7-3-6-4-18-20-12(6)17-5-7/h1-5H,16H2,(H,19,21)(H,17,18,20). The molecule has 1 amide bonds. The summed E-state index contributed by atoms with van der Waals surface area (Å²) in [6.45, 7) is 0. The second-order valence-electron chi connectivity index (χ2n) is 4.31. The Balaban J connectivity index is 1.94. The van der Waals surface area contributed by atoms with Gasteiger partial charge in [0.25, 0.3) is 5.91 Å². The molecule has 0 radical (unpaired) electrons. The third-order valence-electron chi connectivity index (χ3n) is 2.90. The van der Waals surface area contributed by atoms with Crippen LogP contribution in [0.5, 0.6) is 0 Å². The van der Waals surface area contributed by atoms with Crippen molar-refractivity contribution in [3.05, 3.63) is 47.8 Å². The van der Waals surface area contributed by atoms with E-state index in [0.29, 0.717) is 11.0 Å². The Hall–Kier alpha value is -3.03. The Morgan fingerprint density at radius 3 is 2.90 bits per heavy atom. The number of rotatable bonds is 2. The number of fused-ring (bicyclic) bond motifs is 1. The predicted octanol–water partition coefficient (Wildman–Crippen LogP) is 2.07. The predicted molar refractivity (Wildman–Crippen MR) is 72.6 cm³/mol. The number of hydrogen-bond donors (Lipinski definition) is 3. The van der Waals surface area contributed by atoms with Crippen LogP contribution in [0.4, 0.5) is 20.2 Å². The molecule has 0 fully saturated rings. The third-order valence-corrected chi connectivity index (χ3v) is 2.90. The Labute approximate surface area is 117 Å². The summed E-state index contributed by atoms with van der Waals surface area (Å²) in [7, 11) is 0. The summed E-state index contributed by atoms with van der Waals surface area (Å²) in [6, 6.07) is 3.57. The van der Waals surface area contributed by atoms with E-state index in [2.05, 4.69) is 20.5 Å². The third kappa shape index (κ3) is 2.27. The monoisotopic (exact) mass is 289 g/mol. The Kier molecular flexibility index (Phi) is 2.98. The van der Waals surface area contributed by atoms with Crippen LogP contribution in [-0.4, -0.2) is 21.1 Å². The Morgan fingerprint density at radius 1 is 1.29 bits per heavy atom. The minimum atomic E-state index is -1.09. The van der Waals surface area contributed by atoms with Crippen LogP contribution in [0.2, 0.25) is 0 Å². The van der Waals surface area contributed by atoms with Gasteiger partial charge in [0, 0.05) is 5.39 Å². The highest BCUT2D eigenvalue weighted by Crippen LogP contribution is 2.21. The molecule has 8 heteroatoms. The van der Waals surface area contributed by atoms with Crippen molar-refractivity contribution >= 4 is 28.3 Å². The topological polar surface area (TPSA) is 96.7 Å². The molecule has 21 heavy (non-hydrogen) atoms. The fourth-order valence-electron chi connectivity index (χ4n) is 1.88. The van der Waals surface area contributed by atoms with Crippen molar-refractivity contribution in [3.8, 4) is 0 Å². The zero-order chi connectivity index (χ0) is 15.0. The van der Waals surface area contributed by atoms with Gasteiger partial charge in [-0.25, -0.2) is 13.8 Å². The summed E-state index contributed by atoms with van der Waals surface area (Å²) in [6.07, 6.45) is 2.86. The second-order valence-corrected chi connectivity index (χ2v) is 4.31. The molecule has 6 nitrogen and oxygen atoms in total. The largest absolute Gasteiger partial charge is 0.396 e. The highest BCUT2D eigenvalue weighted by molar-refractivity contribution is 6.05. The van der Waals surface area contributed by atoms with E-state index in [1.165, 1.54) is 12.4 Å². The van der Waals surface area contributed by atoms with E-state index < -0.39 is 23.1 Å². The number of carbonyl (C=O) groups excluding carboxylic acids is 1. The Bertz CT molecular complexity index is 846. The van der Waals surface area contributed by atoms with Crippen LogP contribution in [0.1, 0.15) is 10.4 Å². The van der Waals surface area contributed by atoms with Gasteiger partial charge >= 0.3 is 0 Å². The van der Waals surface area contributed by atoms with Crippen LogP contribution >= 0.6 is 0 Å². The smallest absolute Gasteiger partial charge is 0.261 e. The number of benzene rings is 1. The van der Waals surface area contributed by atoms with Gasteiger partial charge in [-0.05, 0) is 18.2 Å². The lowest BCUT2D eigenvalue weighted by Crippen LogP contribution is -2.17. The average molecular weight is 289 g/mol. The van der Waals surface area contributed by atoms with Crippen molar-refractivity contribution in [3.63, 3.8) is 0 Å². The van der Waals surface area contributed by atoms with Crippen LogP contribution in [0.25, 0.3) is 11.0 Å². The molecule has 3 aromatic rings. The number of H-pyrrole nitrogens is 1. The molecule has 0 unspecified atom stereocenters. The fraction of sp³-hybridized carbons (Fsp3) is 0. The van der Waals surface area contributed by atoms with E-state index in [1.54, 1.807) is 6.07 Å². The molecule has 0 saturated carbocycles. The van der Waals surface area contributed by atoms with Crippen LogP contribution in [0, 0.1) is 11.6 Å². The quantitative estimate of drug-likeness (QED) is 0.629. The molecule has 1 aromatic carbocycles. The molecule has 0 aliphatic heterocycles. The van der Waals surface area contributed by atoms with Crippen molar-refractivity contribution in [1.82, 2.24) is 15.2 Å². The zero-order valence-corrected chi connectivity index (χ0v) is 10.5. The van der Waals surface area contributed by atoms with Crippen molar-refractivity contribution in [2.75, 3.05) is 11.1 Å². The van der Waals surface area contributed by atoms with Gasteiger partial charge < -0.3 is 11.1 Å². The number of halogens is 2. The minimum Gasteiger partial charge on any atom is -0.396 e. The van der Waals surface area contributed by atoms with E-state index >= 15 is 0 Å². The number of aromatic amines is 1. The van der Waals surface area contributed by atoms with Crippen molar-refractivity contribution in [1.29, 1.82) is 0 Å². The van der Waals surface area contributed by atoms with E-state index in [-0.39, 0.29) is 11.4 Å². The average Bonchev–Trinajstić information content (AvgIpc) is 2.91. The lowest BCUT2D eigenvalue weighted by atomic mass is 10.1. The number of anilines is 2. The summed E-state index contributed by atoms with van der Waals surface area (Å²) in [5.41, 5.74) is 5.12. The molecular weight excluding hydrogens is 280 g/mol. The molecule has 0 spiro atoms. The van der Waals surface area contributed by atoms with Crippen LogP contribution in [0.3, 0.4) is 0 Å². The van der Waals surface area contributed by atoms with E-state index in [4.69, 9.17) is 5.73 Å². The molecule has 0 aliphatic rings. The molecular formula is C13H9F2N5O. The van der Waals surface area contributed by atoms with Crippen LogP contribution in [0.15, 0.2) is 30.6 Å². The lowest BCUT2D eigenvalue weighted by molar-refractivity contribution is 0.101. The SMILES string of the molecule is Nc1ccc(F)c(C(=O)Nc2cnc3[nH]ncc3c2)c1F. The van der Waals surface area contributed by atoms with Gasteiger partial charge in [-0.1, -0.05) is 0 Å². The zero-order valence-electron chi connectivity index (χ0n) is 10.5. The number of pyridine rings is 1. The summed E-state index contributed by atoms with van der Waals surface area (Å²) < 4.78 is 27.4. The van der Waals surface area contributed by atoms with Crippen molar-refractivity contribution < 1.29 is 13.6 Å². The first-order chi connectivity index (χ1) is 10.1. The van der Waals surface area contributed by atoms with Gasteiger partial charge in [-0.15, -0.1) is 0 Å². The van der Waals surface area contributed by atoms with Gasteiger partial charge in [0.05, 0.1) is 23.8 Å². The minimum absolute atomic E-state index is 0.287. The molecule has 106 valence electrons. The number of hydrogen-bond acceptors (Lipinski definition) is 4. The first kappa shape index (κ1) is 13.0. The summed E-state index contributed by atoms with van der Waals surface area (Å²) in [4.78, 5) is 16.0. The molecule has 3 rings (SSSR count). The van der Waals surface area contributed by atoms with Gasteiger partial charge in [-0.3, -0.25) is 9.89 Å². The number of nitrogen functional groups attached to an aromatic ring is 1. The highest BCUT2D eigenvalue weighted by atomic mass is 19.1. The Morgan fingerprint density at radius 2 is 2.10 bits per heavy atom. The molecule has 4 N–H and O–H groups in total. The summed E-state index contributed by atoms with van der Waals surface area (Å²) >= 11 is 0. The van der Waals surface area contributed by atoms with E-state index in [1.807, 2.05) is 0 Å². The van der Waals surface area contributed by atoms with Crippen LogP contribution < -0.4 is 11.1 Å². The molecule has 0 bridgehead atoms. The normalized spacial score (nSPS) is 10.8. The van der Waals surface area contributed by atoms with Crippen LogP contribution in [-0.2, 0) is 0 Å². The number of nitrogens with zero attached hydrogens (tertiary/aromatic N) is 2. The van der Waals surface area contributed by atoms with Crippen molar-refractivity contribution in [2.45, 2.75) is 0 Å². The number of nitrogens with one attached hydrogen (secondary N) is 2. The number of amides is 1. The first-order valence-electron chi connectivity index (χ1n) is 5.90. The molecule has 0 atom stereocenters. The van der Waals surface area contributed by atoms with Gasteiger partial charge in [-0.2, -0.15) is 5.10 Å². The lowest BCUT2D eigenvalue weighted by Gasteiger charge is -2.08. The second kappa shape index (κ2) is 4.82. The molecule has 2 heterocycles. The van der Waals surface area contributed by atoms with Gasteiger partial charge in [0.1, 0.15) is 11.4 Å². The fourth-order valence-corrected chi connectivity index (χ4v) is 1.88. The maximum absolute atomic E-state index is 13.8.